The minimum Gasteiger partial charge on any atom is -0.490 e. The molecule has 0 aliphatic carbocycles. The highest BCUT2D eigenvalue weighted by Crippen LogP contribution is 2.33. The van der Waals surface area contributed by atoms with Crippen molar-refractivity contribution < 1.29 is 14.4 Å². The monoisotopic (exact) mass is 284 g/mol. The Labute approximate surface area is 121 Å². The highest BCUT2D eigenvalue weighted by molar-refractivity contribution is 5.53. The number of hydrogen-bond acceptors (Lipinski definition) is 5. The van der Waals surface area contributed by atoms with E-state index in [9.17, 15) is 10.1 Å². The van der Waals surface area contributed by atoms with Crippen LogP contribution in [0, 0.1) is 21.4 Å². The van der Waals surface area contributed by atoms with E-state index in [2.05, 4.69) is 0 Å². The van der Waals surface area contributed by atoms with Crippen LogP contribution in [0.15, 0.2) is 42.5 Å². The summed E-state index contributed by atoms with van der Waals surface area (Å²) >= 11 is 0. The van der Waals surface area contributed by atoms with Gasteiger partial charge in [-0.25, -0.2) is 0 Å². The summed E-state index contributed by atoms with van der Waals surface area (Å²) in [6.07, 6.45) is 0. The zero-order chi connectivity index (χ0) is 15.2. The van der Waals surface area contributed by atoms with Gasteiger partial charge in [0.25, 0.3) is 5.69 Å². The molecule has 0 heterocycles. The Morgan fingerprint density at radius 2 is 1.95 bits per heavy atom. The van der Waals surface area contributed by atoms with Crippen molar-refractivity contribution in [3.05, 3.63) is 58.1 Å². The molecule has 0 radical (unpaired) electrons. The van der Waals surface area contributed by atoms with E-state index in [0.29, 0.717) is 23.9 Å². The van der Waals surface area contributed by atoms with E-state index >= 15 is 0 Å². The molecule has 2 rings (SSSR count). The van der Waals surface area contributed by atoms with E-state index in [4.69, 9.17) is 14.7 Å². The standard InChI is InChI=1S/C15H12N2O4/c1-2-20-14-5-3-4-6-15(14)21-12-7-8-13(17(18)19)11(9-12)10-16/h3-9H,2H2,1H3. The smallest absolute Gasteiger partial charge is 0.287 e. The van der Waals surface area contributed by atoms with Crippen LogP contribution >= 0.6 is 0 Å². The van der Waals surface area contributed by atoms with Crippen LogP contribution in [0.1, 0.15) is 12.5 Å². The first-order valence-electron chi connectivity index (χ1n) is 6.24. The van der Waals surface area contributed by atoms with Gasteiger partial charge in [-0.05, 0) is 25.1 Å². The van der Waals surface area contributed by atoms with Gasteiger partial charge >= 0.3 is 0 Å². The second kappa shape index (κ2) is 6.39. The minimum atomic E-state index is -0.601. The molecule has 2 aromatic rings. The van der Waals surface area contributed by atoms with E-state index < -0.39 is 4.92 Å². The molecule has 106 valence electrons. The normalized spacial score (nSPS) is 9.71. The maximum absolute atomic E-state index is 10.8. The first-order chi connectivity index (χ1) is 10.2. The van der Waals surface area contributed by atoms with Gasteiger partial charge in [-0.15, -0.1) is 0 Å². The molecule has 0 aliphatic rings. The Kier molecular flexibility index (Phi) is 4.36. The van der Waals surface area contributed by atoms with Gasteiger partial charge in [0.05, 0.1) is 11.5 Å². The highest BCUT2D eigenvalue weighted by atomic mass is 16.6. The molecule has 0 saturated carbocycles. The molecular weight excluding hydrogens is 272 g/mol. The molecule has 0 unspecified atom stereocenters. The molecule has 21 heavy (non-hydrogen) atoms. The molecule has 0 spiro atoms. The first kappa shape index (κ1) is 14.3. The second-order valence-corrected chi connectivity index (χ2v) is 4.03. The van der Waals surface area contributed by atoms with Crippen LogP contribution in [0.4, 0.5) is 5.69 Å². The van der Waals surface area contributed by atoms with Crippen molar-refractivity contribution in [2.24, 2.45) is 0 Å². The fourth-order valence-electron chi connectivity index (χ4n) is 1.76. The van der Waals surface area contributed by atoms with Crippen molar-refractivity contribution >= 4 is 5.69 Å². The second-order valence-electron chi connectivity index (χ2n) is 4.03. The summed E-state index contributed by atoms with van der Waals surface area (Å²) in [6.45, 7) is 2.35. The van der Waals surface area contributed by atoms with Crippen molar-refractivity contribution in [1.29, 1.82) is 5.26 Å². The maximum atomic E-state index is 10.8. The summed E-state index contributed by atoms with van der Waals surface area (Å²) < 4.78 is 11.1. The van der Waals surface area contributed by atoms with E-state index in [1.807, 2.05) is 13.0 Å². The van der Waals surface area contributed by atoms with Gasteiger partial charge in [-0.1, -0.05) is 12.1 Å². The Morgan fingerprint density at radius 3 is 2.57 bits per heavy atom. The van der Waals surface area contributed by atoms with Crippen LogP contribution in [0.3, 0.4) is 0 Å². The maximum Gasteiger partial charge on any atom is 0.287 e. The molecule has 0 atom stereocenters. The minimum absolute atomic E-state index is 0.0496. The summed E-state index contributed by atoms with van der Waals surface area (Å²) in [7, 11) is 0. The van der Waals surface area contributed by atoms with E-state index in [-0.39, 0.29) is 11.3 Å². The summed E-state index contributed by atoms with van der Waals surface area (Å²) in [5, 5.41) is 19.7. The number of nitro groups is 1. The number of rotatable bonds is 5. The van der Waals surface area contributed by atoms with E-state index in [1.165, 1.54) is 18.2 Å². The fraction of sp³-hybridized carbons (Fsp3) is 0.133. The van der Waals surface area contributed by atoms with Crippen LogP contribution in [-0.4, -0.2) is 11.5 Å². The summed E-state index contributed by atoms with van der Waals surface area (Å²) in [5.74, 6) is 1.39. The molecule has 0 fully saturated rings. The van der Waals surface area contributed by atoms with Crippen molar-refractivity contribution in [3.63, 3.8) is 0 Å². The zero-order valence-electron chi connectivity index (χ0n) is 11.3. The summed E-state index contributed by atoms with van der Waals surface area (Å²) in [5.41, 5.74) is -0.297. The molecular formula is C15H12N2O4. The van der Waals surface area contributed by atoms with Crippen LogP contribution in [0.5, 0.6) is 17.2 Å². The van der Waals surface area contributed by atoms with Crippen molar-refractivity contribution in [2.75, 3.05) is 6.61 Å². The number of benzene rings is 2. The molecule has 0 saturated heterocycles. The van der Waals surface area contributed by atoms with Gasteiger partial charge in [-0.3, -0.25) is 10.1 Å². The van der Waals surface area contributed by atoms with E-state index in [0.717, 1.165) is 0 Å². The molecule has 0 bridgehead atoms. The van der Waals surface area contributed by atoms with Gasteiger partial charge in [0, 0.05) is 12.1 Å². The quantitative estimate of drug-likeness (QED) is 0.617. The predicted molar refractivity (Wildman–Crippen MR) is 75.5 cm³/mol. The average molecular weight is 284 g/mol. The van der Waals surface area contributed by atoms with Gasteiger partial charge in [0.2, 0.25) is 0 Å². The molecule has 0 aromatic heterocycles. The Balaban J connectivity index is 2.33. The van der Waals surface area contributed by atoms with Crippen molar-refractivity contribution in [1.82, 2.24) is 0 Å². The molecule has 0 aliphatic heterocycles. The predicted octanol–water partition coefficient (Wildman–Crippen LogP) is 3.66. The summed E-state index contributed by atoms with van der Waals surface area (Å²) in [6, 6.07) is 12.9. The first-order valence-corrected chi connectivity index (χ1v) is 6.24. The van der Waals surface area contributed by atoms with Crippen molar-refractivity contribution in [2.45, 2.75) is 6.92 Å². The lowest BCUT2D eigenvalue weighted by Gasteiger charge is -2.11. The topological polar surface area (TPSA) is 85.4 Å². The number of nitro benzene ring substituents is 1. The lowest BCUT2D eigenvalue weighted by atomic mass is 10.2. The van der Waals surface area contributed by atoms with Crippen LogP contribution in [0.25, 0.3) is 0 Å². The van der Waals surface area contributed by atoms with Crippen LogP contribution in [-0.2, 0) is 0 Å². The largest absolute Gasteiger partial charge is 0.490 e. The number of ether oxygens (including phenoxy) is 2. The molecule has 6 nitrogen and oxygen atoms in total. The molecule has 0 N–H and O–H groups in total. The van der Waals surface area contributed by atoms with Gasteiger partial charge < -0.3 is 9.47 Å². The zero-order valence-corrected chi connectivity index (χ0v) is 11.3. The van der Waals surface area contributed by atoms with Gasteiger partial charge in [0.1, 0.15) is 17.4 Å². The Morgan fingerprint density at radius 1 is 1.24 bits per heavy atom. The molecule has 2 aromatic carbocycles. The third kappa shape index (κ3) is 3.28. The van der Waals surface area contributed by atoms with E-state index in [1.54, 1.807) is 24.3 Å². The third-order valence-electron chi connectivity index (χ3n) is 2.66. The number of nitriles is 1. The number of hydrogen-bond donors (Lipinski definition) is 0. The average Bonchev–Trinajstić information content (AvgIpc) is 2.49. The van der Waals surface area contributed by atoms with Crippen molar-refractivity contribution in [3.8, 4) is 23.3 Å². The lowest BCUT2D eigenvalue weighted by Crippen LogP contribution is -1.96. The Bertz CT molecular complexity index is 707. The number of nitrogens with zero attached hydrogens (tertiary/aromatic N) is 2. The van der Waals surface area contributed by atoms with Crippen LogP contribution in [0.2, 0.25) is 0 Å². The lowest BCUT2D eigenvalue weighted by molar-refractivity contribution is -0.385. The Hall–Kier alpha value is -3.07. The van der Waals surface area contributed by atoms with Gasteiger partial charge in [0.15, 0.2) is 11.5 Å². The summed E-state index contributed by atoms with van der Waals surface area (Å²) in [4.78, 5) is 10.2. The fourth-order valence-corrected chi connectivity index (χ4v) is 1.76. The molecule has 0 amide bonds. The van der Waals surface area contributed by atoms with Gasteiger partial charge in [-0.2, -0.15) is 5.26 Å². The van der Waals surface area contributed by atoms with Crippen LogP contribution < -0.4 is 9.47 Å². The SMILES string of the molecule is CCOc1ccccc1Oc1ccc([N+](=O)[O-])c(C#N)c1. The highest BCUT2D eigenvalue weighted by Gasteiger charge is 2.15. The number of para-hydroxylation sites is 2. The molecule has 6 heteroatoms. The third-order valence-corrected chi connectivity index (χ3v) is 2.66.